The largest absolute Gasteiger partial charge is 0.493 e. The number of aryl methyl sites for hydroxylation is 1. The molecule has 1 unspecified atom stereocenters. The SMILES string of the molecule is CCCn1ncc(OC)c1C(O)c1cc(Cl)ccc1F. The van der Waals surface area contributed by atoms with E-state index in [4.69, 9.17) is 16.3 Å². The highest BCUT2D eigenvalue weighted by Crippen LogP contribution is 2.32. The van der Waals surface area contributed by atoms with E-state index in [2.05, 4.69) is 5.10 Å². The number of aromatic nitrogens is 2. The normalized spacial score (nSPS) is 12.4. The first-order chi connectivity index (χ1) is 9.58. The van der Waals surface area contributed by atoms with Crippen molar-refractivity contribution in [1.29, 1.82) is 0 Å². The molecular weight excluding hydrogens is 283 g/mol. The lowest BCUT2D eigenvalue weighted by Crippen LogP contribution is -2.12. The van der Waals surface area contributed by atoms with Gasteiger partial charge in [-0.3, -0.25) is 4.68 Å². The first kappa shape index (κ1) is 14.8. The molecule has 0 amide bonds. The van der Waals surface area contributed by atoms with Gasteiger partial charge in [0.2, 0.25) is 0 Å². The first-order valence-electron chi connectivity index (χ1n) is 6.31. The quantitative estimate of drug-likeness (QED) is 0.922. The molecule has 108 valence electrons. The van der Waals surface area contributed by atoms with Gasteiger partial charge in [-0.15, -0.1) is 0 Å². The van der Waals surface area contributed by atoms with Crippen molar-refractivity contribution in [2.75, 3.05) is 7.11 Å². The Bertz CT molecular complexity index is 601. The molecule has 0 radical (unpaired) electrons. The van der Waals surface area contributed by atoms with Gasteiger partial charge in [0, 0.05) is 17.1 Å². The van der Waals surface area contributed by atoms with Crippen LogP contribution in [-0.4, -0.2) is 22.0 Å². The Morgan fingerprint density at radius 3 is 2.90 bits per heavy atom. The maximum atomic E-state index is 13.9. The lowest BCUT2D eigenvalue weighted by molar-refractivity contribution is 0.197. The molecule has 0 bridgehead atoms. The molecule has 6 heteroatoms. The third kappa shape index (κ3) is 2.78. The third-order valence-corrected chi connectivity index (χ3v) is 3.25. The number of hydrogen-bond acceptors (Lipinski definition) is 3. The summed E-state index contributed by atoms with van der Waals surface area (Å²) in [5.74, 6) is -0.0986. The Morgan fingerprint density at radius 1 is 1.50 bits per heavy atom. The van der Waals surface area contributed by atoms with Crippen LogP contribution in [0.4, 0.5) is 4.39 Å². The van der Waals surface area contributed by atoms with Crippen molar-refractivity contribution in [3.05, 3.63) is 46.5 Å². The fraction of sp³-hybridized carbons (Fsp3) is 0.357. The second-order valence-electron chi connectivity index (χ2n) is 4.39. The van der Waals surface area contributed by atoms with Gasteiger partial charge in [0.05, 0.1) is 13.3 Å². The van der Waals surface area contributed by atoms with Crippen molar-refractivity contribution < 1.29 is 14.2 Å². The predicted molar refractivity (Wildman–Crippen MR) is 74.5 cm³/mol. The van der Waals surface area contributed by atoms with Gasteiger partial charge in [-0.1, -0.05) is 18.5 Å². The molecule has 0 aliphatic rings. The van der Waals surface area contributed by atoms with Crippen LogP contribution >= 0.6 is 11.6 Å². The van der Waals surface area contributed by atoms with Crippen LogP contribution in [-0.2, 0) is 6.54 Å². The van der Waals surface area contributed by atoms with Gasteiger partial charge < -0.3 is 9.84 Å². The second kappa shape index (κ2) is 6.24. The smallest absolute Gasteiger partial charge is 0.163 e. The molecule has 0 fully saturated rings. The van der Waals surface area contributed by atoms with Crippen LogP contribution in [0.1, 0.15) is 30.7 Å². The van der Waals surface area contributed by atoms with Gasteiger partial charge in [-0.05, 0) is 24.6 Å². The number of benzene rings is 1. The number of methoxy groups -OCH3 is 1. The highest BCUT2D eigenvalue weighted by atomic mass is 35.5. The molecular formula is C14H16ClFN2O2. The van der Waals surface area contributed by atoms with E-state index in [0.717, 1.165) is 6.42 Å². The fourth-order valence-electron chi connectivity index (χ4n) is 2.07. The summed E-state index contributed by atoms with van der Waals surface area (Å²) < 4.78 is 20.7. The minimum Gasteiger partial charge on any atom is -0.493 e. The number of aliphatic hydroxyl groups is 1. The fourth-order valence-corrected chi connectivity index (χ4v) is 2.25. The Hall–Kier alpha value is -1.59. The summed E-state index contributed by atoms with van der Waals surface area (Å²) in [6.07, 6.45) is 1.16. The van der Waals surface area contributed by atoms with E-state index in [1.165, 1.54) is 31.5 Å². The number of halogens is 2. The van der Waals surface area contributed by atoms with Crippen LogP contribution in [0.3, 0.4) is 0 Å². The monoisotopic (exact) mass is 298 g/mol. The first-order valence-corrected chi connectivity index (χ1v) is 6.69. The van der Waals surface area contributed by atoms with E-state index in [-0.39, 0.29) is 5.56 Å². The number of aliphatic hydroxyl groups excluding tert-OH is 1. The average molecular weight is 299 g/mol. The van der Waals surface area contributed by atoms with Crippen molar-refractivity contribution in [2.45, 2.75) is 26.0 Å². The number of hydrogen-bond donors (Lipinski definition) is 1. The highest BCUT2D eigenvalue weighted by molar-refractivity contribution is 6.30. The highest BCUT2D eigenvalue weighted by Gasteiger charge is 2.24. The lowest BCUT2D eigenvalue weighted by Gasteiger charge is -2.16. The molecule has 2 aromatic rings. The summed E-state index contributed by atoms with van der Waals surface area (Å²) in [7, 11) is 1.48. The van der Waals surface area contributed by atoms with E-state index in [1.54, 1.807) is 4.68 Å². The van der Waals surface area contributed by atoms with Gasteiger partial charge in [0.1, 0.15) is 17.6 Å². The topological polar surface area (TPSA) is 47.3 Å². The summed E-state index contributed by atoms with van der Waals surface area (Å²) in [6.45, 7) is 2.60. The standard InChI is InChI=1S/C14H16ClFN2O2/c1-3-6-18-13(12(20-2)8-17-18)14(19)10-7-9(15)4-5-11(10)16/h4-5,7-8,14,19H,3,6H2,1-2H3. The zero-order valence-corrected chi connectivity index (χ0v) is 12.1. The predicted octanol–water partition coefficient (Wildman–Crippen LogP) is 3.18. The van der Waals surface area contributed by atoms with Gasteiger partial charge >= 0.3 is 0 Å². The molecule has 0 spiro atoms. The maximum absolute atomic E-state index is 13.9. The van der Waals surface area contributed by atoms with Crippen LogP contribution in [0.15, 0.2) is 24.4 Å². The number of nitrogens with zero attached hydrogens (tertiary/aromatic N) is 2. The summed E-state index contributed by atoms with van der Waals surface area (Å²) in [5.41, 5.74) is 0.532. The van der Waals surface area contributed by atoms with Gasteiger partial charge in [-0.25, -0.2) is 4.39 Å². The molecule has 4 nitrogen and oxygen atoms in total. The maximum Gasteiger partial charge on any atom is 0.163 e. The van der Waals surface area contributed by atoms with Crippen molar-refractivity contribution in [1.82, 2.24) is 9.78 Å². The van der Waals surface area contributed by atoms with Crippen LogP contribution in [0, 0.1) is 5.82 Å². The average Bonchev–Trinajstić information content (AvgIpc) is 2.84. The van der Waals surface area contributed by atoms with Crippen molar-refractivity contribution in [2.24, 2.45) is 0 Å². The van der Waals surface area contributed by atoms with Gasteiger partial charge in [-0.2, -0.15) is 5.10 Å². The van der Waals surface area contributed by atoms with E-state index in [0.29, 0.717) is 23.0 Å². The van der Waals surface area contributed by atoms with Gasteiger partial charge in [0.25, 0.3) is 0 Å². The Labute approximate surface area is 121 Å². The summed E-state index contributed by atoms with van der Waals surface area (Å²) in [4.78, 5) is 0. The van der Waals surface area contributed by atoms with Crippen molar-refractivity contribution in [3.8, 4) is 5.75 Å². The Morgan fingerprint density at radius 2 is 2.25 bits per heavy atom. The van der Waals surface area contributed by atoms with E-state index in [1.807, 2.05) is 6.92 Å². The summed E-state index contributed by atoms with van der Waals surface area (Å²) in [5, 5.41) is 15.0. The van der Waals surface area contributed by atoms with E-state index >= 15 is 0 Å². The summed E-state index contributed by atoms with van der Waals surface area (Å²) >= 11 is 5.87. The molecule has 1 N–H and O–H groups in total. The zero-order chi connectivity index (χ0) is 14.7. The molecule has 1 aromatic heterocycles. The van der Waals surface area contributed by atoms with Crippen LogP contribution in [0.5, 0.6) is 5.75 Å². The summed E-state index contributed by atoms with van der Waals surface area (Å²) in [6, 6.07) is 4.08. The number of ether oxygens (including phenoxy) is 1. The molecule has 0 saturated carbocycles. The molecule has 0 aliphatic carbocycles. The van der Waals surface area contributed by atoms with E-state index < -0.39 is 11.9 Å². The molecule has 0 aliphatic heterocycles. The molecule has 0 saturated heterocycles. The number of rotatable bonds is 5. The third-order valence-electron chi connectivity index (χ3n) is 3.01. The van der Waals surface area contributed by atoms with E-state index in [9.17, 15) is 9.50 Å². The molecule has 20 heavy (non-hydrogen) atoms. The van der Waals surface area contributed by atoms with Crippen LogP contribution < -0.4 is 4.74 Å². The van der Waals surface area contributed by atoms with Crippen LogP contribution in [0.25, 0.3) is 0 Å². The molecule has 1 aromatic carbocycles. The second-order valence-corrected chi connectivity index (χ2v) is 4.83. The van der Waals surface area contributed by atoms with Gasteiger partial charge in [0.15, 0.2) is 5.75 Å². The molecule has 1 atom stereocenters. The van der Waals surface area contributed by atoms with Crippen LogP contribution in [0.2, 0.25) is 5.02 Å². The zero-order valence-electron chi connectivity index (χ0n) is 11.3. The lowest BCUT2D eigenvalue weighted by atomic mass is 10.1. The molecule has 1 heterocycles. The molecule has 2 rings (SSSR count). The Kier molecular flexibility index (Phi) is 4.62. The Balaban J connectivity index is 2.48. The van der Waals surface area contributed by atoms with Crippen molar-refractivity contribution in [3.63, 3.8) is 0 Å². The minimum atomic E-state index is -1.18. The minimum absolute atomic E-state index is 0.105. The van der Waals surface area contributed by atoms with Crippen molar-refractivity contribution >= 4 is 11.6 Å².